The van der Waals surface area contributed by atoms with Crippen LogP contribution in [0.15, 0.2) is 0 Å². The highest BCUT2D eigenvalue weighted by Crippen LogP contribution is 2.49. The van der Waals surface area contributed by atoms with E-state index in [-0.39, 0.29) is 0 Å². The van der Waals surface area contributed by atoms with Gasteiger partial charge in [0.05, 0.1) is 6.10 Å². The first kappa shape index (κ1) is 11.0. The van der Waals surface area contributed by atoms with Crippen LogP contribution in [0.1, 0.15) is 45.4 Å². The fourth-order valence-electron chi connectivity index (χ4n) is 4.18. The lowest BCUT2D eigenvalue weighted by molar-refractivity contribution is 0.112. The summed E-state index contributed by atoms with van der Waals surface area (Å²) in [6, 6.07) is 0.624. The fourth-order valence-corrected chi connectivity index (χ4v) is 4.18. The van der Waals surface area contributed by atoms with Gasteiger partial charge in [0.1, 0.15) is 0 Å². The summed E-state index contributed by atoms with van der Waals surface area (Å²) in [5.74, 6) is 3.23. The molecule has 2 nitrogen and oxygen atoms in total. The molecule has 3 aliphatic rings. The molecule has 3 rings (SSSR count). The van der Waals surface area contributed by atoms with E-state index in [1.54, 1.807) is 6.42 Å². The Morgan fingerprint density at radius 1 is 1.19 bits per heavy atom. The van der Waals surface area contributed by atoms with Crippen LogP contribution in [-0.4, -0.2) is 25.3 Å². The van der Waals surface area contributed by atoms with Crippen molar-refractivity contribution in [3.05, 3.63) is 0 Å². The predicted octanol–water partition coefficient (Wildman–Crippen LogP) is 2.58. The van der Waals surface area contributed by atoms with E-state index in [1.807, 2.05) is 0 Å². The third-order valence-electron chi connectivity index (χ3n) is 5.18. The summed E-state index contributed by atoms with van der Waals surface area (Å²) in [6.07, 6.45) is 9.18. The van der Waals surface area contributed by atoms with Gasteiger partial charge in [-0.1, -0.05) is 6.42 Å². The van der Waals surface area contributed by atoms with Crippen molar-refractivity contribution in [3.8, 4) is 0 Å². The van der Waals surface area contributed by atoms with Crippen LogP contribution in [0.4, 0.5) is 0 Å². The first-order valence-electron chi connectivity index (χ1n) is 7.18. The van der Waals surface area contributed by atoms with Crippen LogP contribution in [0.5, 0.6) is 0 Å². The van der Waals surface area contributed by atoms with Gasteiger partial charge in [-0.2, -0.15) is 0 Å². The molecule has 0 radical (unpaired) electrons. The van der Waals surface area contributed by atoms with Gasteiger partial charge < -0.3 is 10.1 Å². The Morgan fingerprint density at radius 2 is 2.12 bits per heavy atom. The van der Waals surface area contributed by atoms with Crippen LogP contribution in [0, 0.1) is 17.8 Å². The molecule has 2 saturated carbocycles. The Kier molecular flexibility index (Phi) is 3.21. The normalized spacial score (nSPS) is 46.7. The standard InChI is InChI=1S/C14H25NO/c1-10-14(5-7-16-10)15-6-4-13-9-11-2-3-12(13)8-11/h10-15H,2-9H2,1H3. The number of hydrogen-bond donors (Lipinski definition) is 1. The zero-order chi connectivity index (χ0) is 11.0. The van der Waals surface area contributed by atoms with Crippen LogP contribution in [0.3, 0.4) is 0 Å². The van der Waals surface area contributed by atoms with Gasteiger partial charge in [-0.05, 0) is 63.3 Å². The summed E-state index contributed by atoms with van der Waals surface area (Å²) < 4.78 is 5.57. The third-order valence-corrected chi connectivity index (χ3v) is 5.18. The summed E-state index contributed by atoms with van der Waals surface area (Å²) in [5, 5.41) is 3.69. The molecule has 2 bridgehead atoms. The molecule has 2 aliphatic carbocycles. The maximum atomic E-state index is 5.57. The summed E-state index contributed by atoms with van der Waals surface area (Å²) in [4.78, 5) is 0. The fraction of sp³-hybridized carbons (Fsp3) is 1.00. The topological polar surface area (TPSA) is 21.3 Å². The van der Waals surface area contributed by atoms with Crippen molar-refractivity contribution >= 4 is 0 Å². The zero-order valence-corrected chi connectivity index (χ0v) is 10.5. The van der Waals surface area contributed by atoms with Gasteiger partial charge in [0.2, 0.25) is 0 Å². The third kappa shape index (κ3) is 2.14. The molecular formula is C14H25NO. The van der Waals surface area contributed by atoms with Crippen molar-refractivity contribution < 1.29 is 4.74 Å². The summed E-state index contributed by atoms with van der Waals surface area (Å²) in [5.41, 5.74) is 0. The molecule has 0 aromatic rings. The Hall–Kier alpha value is -0.0800. The van der Waals surface area contributed by atoms with Crippen molar-refractivity contribution in [2.45, 2.75) is 57.6 Å². The molecule has 2 heteroatoms. The lowest BCUT2D eigenvalue weighted by atomic mass is 9.86. The molecular weight excluding hydrogens is 198 g/mol. The molecule has 0 amide bonds. The Labute approximate surface area is 99.1 Å². The average Bonchev–Trinajstić information content (AvgIpc) is 2.96. The maximum absolute atomic E-state index is 5.57. The van der Waals surface area contributed by atoms with Crippen LogP contribution in [-0.2, 0) is 4.74 Å². The molecule has 1 N–H and O–H groups in total. The van der Waals surface area contributed by atoms with Gasteiger partial charge in [-0.3, -0.25) is 0 Å². The highest BCUT2D eigenvalue weighted by Gasteiger charge is 2.38. The van der Waals surface area contributed by atoms with E-state index in [4.69, 9.17) is 4.74 Å². The van der Waals surface area contributed by atoms with Crippen LogP contribution >= 0.6 is 0 Å². The first-order chi connectivity index (χ1) is 7.83. The maximum Gasteiger partial charge on any atom is 0.0700 e. The molecule has 1 heterocycles. The smallest absolute Gasteiger partial charge is 0.0700 e. The molecule has 3 fully saturated rings. The second-order valence-corrected chi connectivity index (χ2v) is 6.15. The Bertz CT molecular complexity index is 243. The van der Waals surface area contributed by atoms with E-state index in [2.05, 4.69) is 12.2 Å². The largest absolute Gasteiger partial charge is 0.377 e. The minimum absolute atomic E-state index is 0.431. The number of hydrogen-bond acceptors (Lipinski definition) is 2. The van der Waals surface area contributed by atoms with E-state index in [0.29, 0.717) is 12.1 Å². The monoisotopic (exact) mass is 223 g/mol. The van der Waals surface area contributed by atoms with E-state index in [9.17, 15) is 0 Å². The van der Waals surface area contributed by atoms with Gasteiger partial charge in [0.15, 0.2) is 0 Å². The molecule has 0 aromatic carbocycles. The zero-order valence-electron chi connectivity index (χ0n) is 10.5. The second-order valence-electron chi connectivity index (χ2n) is 6.15. The van der Waals surface area contributed by atoms with Crippen molar-refractivity contribution in [2.75, 3.05) is 13.2 Å². The molecule has 5 atom stereocenters. The quantitative estimate of drug-likeness (QED) is 0.791. The second kappa shape index (κ2) is 4.66. The van der Waals surface area contributed by atoms with Crippen molar-refractivity contribution in [1.82, 2.24) is 5.32 Å². The highest BCUT2D eigenvalue weighted by molar-refractivity contribution is 4.90. The average molecular weight is 223 g/mol. The van der Waals surface area contributed by atoms with E-state index in [1.165, 1.54) is 38.6 Å². The Morgan fingerprint density at radius 3 is 2.75 bits per heavy atom. The lowest BCUT2D eigenvalue weighted by Crippen LogP contribution is -2.36. The van der Waals surface area contributed by atoms with Crippen LogP contribution in [0.2, 0.25) is 0 Å². The highest BCUT2D eigenvalue weighted by atomic mass is 16.5. The van der Waals surface area contributed by atoms with Gasteiger partial charge in [-0.25, -0.2) is 0 Å². The van der Waals surface area contributed by atoms with E-state index in [0.717, 1.165) is 24.4 Å². The minimum Gasteiger partial charge on any atom is -0.377 e. The first-order valence-corrected chi connectivity index (χ1v) is 7.18. The Balaban J connectivity index is 1.37. The molecule has 0 aromatic heterocycles. The van der Waals surface area contributed by atoms with E-state index < -0.39 is 0 Å². The number of fused-ring (bicyclic) bond motifs is 2. The van der Waals surface area contributed by atoms with Crippen molar-refractivity contribution in [1.29, 1.82) is 0 Å². The number of ether oxygens (including phenoxy) is 1. The molecule has 0 spiro atoms. The SMILES string of the molecule is CC1OCCC1NCCC1CC2CCC1C2. The molecule has 16 heavy (non-hydrogen) atoms. The van der Waals surface area contributed by atoms with E-state index >= 15 is 0 Å². The lowest BCUT2D eigenvalue weighted by Gasteiger charge is -2.23. The molecule has 92 valence electrons. The molecule has 5 unspecified atom stereocenters. The summed E-state index contributed by atoms with van der Waals surface area (Å²) >= 11 is 0. The predicted molar refractivity (Wildman–Crippen MR) is 65.4 cm³/mol. The van der Waals surface area contributed by atoms with Crippen LogP contribution in [0.25, 0.3) is 0 Å². The van der Waals surface area contributed by atoms with Gasteiger partial charge in [-0.15, -0.1) is 0 Å². The molecule has 1 saturated heterocycles. The molecule has 1 aliphatic heterocycles. The van der Waals surface area contributed by atoms with Crippen LogP contribution < -0.4 is 5.32 Å². The van der Waals surface area contributed by atoms with Gasteiger partial charge in [0.25, 0.3) is 0 Å². The number of nitrogens with one attached hydrogen (secondary N) is 1. The number of rotatable bonds is 4. The van der Waals surface area contributed by atoms with Gasteiger partial charge >= 0.3 is 0 Å². The van der Waals surface area contributed by atoms with Crippen molar-refractivity contribution in [3.63, 3.8) is 0 Å². The van der Waals surface area contributed by atoms with Crippen molar-refractivity contribution in [2.24, 2.45) is 17.8 Å². The van der Waals surface area contributed by atoms with Gasteiger partial charge in [0, 0.05) is 12.6 Å². The summed E-state index contributed by atoms with van der Waals surface area (Å²) in [7, 11) is 0. The summed E-state index contributed by atoms with van der Waals surface area (Å²) in [6.45, 7) is 4.36. The minimum atomic E-state index is 0.431.